The largest absolute Gasteiger partial charge is 0.381 e. The predicted molar refractivity (Wildman–Crippen MR) is 73.7 cm³/mol. The van der Waals surface area contributed by atoms with Gasteiger partial charge in [0.25, 0.3) is 0 Å². The van der Waals surface area contributed by atoms with Crippen LogP contribution in [0.1, 0.15) is 43.4 Å². The highest BCUT2D eigenvalue weighted by atomic mass is 16.5. The van der Waals surface area contributed by atoms with Crippen molar-refractivity contribution >= 4 is 0 Å². The van der Waals surface area contributed by atoms with Crippen molar-refractivity contribution in [2.45, 2.75) is 38.6 Å². The van der Waals surface area contributed by atoms with Crippen molar-refractivity contribution in [3.8, 4) is 0 Å². The van der Waals surface area contributed by atoms with E-state index in [1.165, 1.54) is 36.8 Å². The highest BCUT2D eigenvalue weighted by Crippen LogP contribution is 2.49. The Hall–Kier alpha value is -0.860. The Balaban J connectivity index is 1.93. The molecule has 1 fully saturated rings. The lowest BCUT2D eigenvalue weighted by molar-refractivity contribution is -0.00667. The second kappa shape index (κ2) is 5.02. The molecule has 0 amide bonds. The van der Waals surface area contributed by atoms with Crippen LogP contribution in [0.5, 0.6) is 0 Å². The van der Waals surface area contributed by atoms with Crippen LogP contribution in [-0.4, -0.2) is 19.8 Å². The fourth-order valence-corrected chi connectivity index (χ4v) is 3.72. The zero-order chi connectivity index (χ0) is 12.4. The van der Waals surface area contributed by atoms with E-state index in [2.05, 4.69) is 36.5 Å². The van der Waals surface area contributed by atoms with Crippen molar-refractivity contribution in [2.75, 3.05) is 19.8 Å². The molecule has 0 unspecified atom stereocenters. The average Bonchev–Trinajstić information content (AvgIpc) is 2.45. The Morgan fingerprint density at radius 2 is 2.22 bits per heavy atom. The van der Waals surface area contributed by atoms with Gasteiger partial charge in [0.2, 0.25) is 0 Å². The Morgan fingerprint density at radius 1 is 1.33 bits per heavy atom. The Bertz CT molecular complexity index is 417. The molecule has 2 aliphatic rings. The molecule has 0 aromatic heterocycles. The monoisotopic (exact) mass is 245 g/mol. The first-order valence-electron chi connectivity index (χ1n) is 7.25. The van der Waals surface area contributed by atoms with Crippen LogP contribution < -0.4 is 5.32 Å². The molecule has 2 atom stereocenters. The van der Waals surface area contributed by atoms with Crippen molar-refractivity contribution < 1.29 is 4.74 Å². The van der Waals surface area contributed by atoms with Crippen LogP contribution in [0.15, 0.2) is 24.3 Å². The molecule has 1 aromatic carbocycles. The van der Waals surface area contributed by atoms with E-state index in [1.807, 2.05) is 0 Å². The van der Waals surface area contributed by atoms with E-state index in [0.29, 0.717) is 11.5 Å². The summed E-state index contributed by atoms with van der Waals surface area (Å²) >= 11 is 0. The normalized spacial score (nSPS) is 30.6. The van der Waals surface area contributed by atoms with Crippen molar-refractivity contribution in [3.05, 3.63) is 35.4 Å². The minimum atomic E-state index is 0.336. The van der Waals surface area contributed by atoms with Gasteiger partial charge in [0, 0.05) is 18.1 Å². The fourth-order valence-electron chi connectivity index (χ4n) is 3.72. The topological polar surface area (TPSA) is 21.3 Å². The van der Waals surface area contributed by atoms with Crippen LogP contribution in [0.3, 0.4) is 0 Å². The summed E-state index contributed by atoms with van der Waals surface area (Å²) < 4.78 is 5.81. The van der Waals surface area contributed by atoms with E-state index in [4.69, 9.17) is 4.74 Å². The Morgan fingerprint density at radius 3 is 3.11 bits per heavy atom. The van der Waals surface area contributed by atoms with Crippen molar-refractivity contribution in [2.24, 2.45) is 5.41 Å². The molecule has 98 valence electrons. The first-order chi connectivity index (χ1) is 8.86. The van der Waals surface area contributed by atoms with Crippen LogP contribution in [-0.2, 0) is 11.2 Å². The second-order valence-corrected chi connectivity index (χ2v) is 5.69. The fraction of sp³-hybridized carbons (Fsp3) is 0.625. The maximum Gasteiger partial charge on any atom is 0.0540 e. The van der Waals surface area contributed by atoms with Gasteiger partial charge in [0.1, 0.15) is 0 Å². The second-order valence-electron chi connectivity index (χ2n) is 5.69. The average molecular weight is 245 g/mol. The first-order valence-corrected chi connectivity index (χ1v) is 7.25. The van der Waals surface area contributed by atoms with E-state index < -0.39 is 0 Å². The SMILES string of the molecule is CCOC[C@]12CCCN[C@H]1c1ccccc1CC2. The molecule has 18 heavy (non-hydrogen) atoms. The van der Waals surface area contributed by atoms with Crippen LogP contribution in [0.4, 0.5) is 0 Å². The van der Waals surface area contributed by atoms with E-state index in [9.17, 15) is 0 Å². The molecular weight excluding hydrogens is 222 g/mol. The summed E-state index contributed by atoms with van der Waals surface area (Å²) in [5, 5.41) is 3.75. The summed E-state index contributed by atoms with van der Waals surface area (Å²) in [6, 6.07) is 9.43. The van der Waals surface area contributed by atoms with Gasteiger partial charge in [-0.3, -0.25) is 0 Å². The van der Waals surface area contributed by atoms with E-state index in [-0.39, 0.29) is 0 Å². The molecule has 1 aliphatic carbocycles. The summed E-state index contributed by atoms with van der Waals surface area (Å²) in [7, 11) is 0. The van der Waals surface area contributed by atoms with Gasteiger partial charge in [-0.05, 0) is 50.3 Å². The van der Waals surface area contributed by atoms with Gasteiger partial charge >= 0.3 is 0 Å². The standard InChI is InChI=1S/C16H23NO/c1-2-18-12-16-9-5-11-17-15(16)14-7-4-3-6-13(14)8-10-16/h3-4,6-7,15,17H,2,5,8-12H2,1H3/t15-,16+/m0/s1. The van der Waals surface area contributed by atoms with Crippen LogP contribution in [0.2, 0.25) is 0 Å². The third-order valence-corrected chi connectivity index (χ3v) is 4.66. The quantitative estimate of drug-likeness (QED) is 0.883. The number of rotatable bonds is 3. The van der Waals surface area contributed by atoms with E-state index in [1.54, 1.807) is 0 Å². The maximum absolute atomic E-state index is 5.81. The molecule has 2 nitrogen and oxygen atoms in total. The number of nitrogens with one attached hydrogen (secondary N) is 1. The lowest BCUT2D eigenvalue weighted by Gasteiger charge is -2.48. The van der Waals surface area contributed by atoms with Crippen molar-refractivity contribution in [3.63, 3.8) is 0 Å². The summed E-state index contributed by atoms with van der Waals surface area (Å²) in [6.07, 6.45) is 5.06. The molecule has 2 heteroatoms. The van der Waals surface area contributed by atoms with Gasteiger partial charge in [-0.2, -0.15) is 0 Å². The van der Waals surface area contributed by atoms with Crippen LogP contribution >= 0.6 is 0 Å². The molecule has 1 saturated heterocycles. The molecule has 0 spiro atoms. The summed E-state index contributed by atoms with van der Waals surface area (Å²) in [5.74, 6) is 0. The number of piperidine rings is 1. The minimum Gasteiger partial charge on any atom is -0.381 e. The van der Waals surface area contributed by atoms with Gasteiger partial charge < -0.3 is 10.1 Å². The summed E-state index contributed by atoms with van der Waals surface area (Å²) in [5.41, 5.74) is 3.38. The molecule has 0 saturated carbocycles. The van der Waals surface area contributed by atoms with Gasteiger partial charge in [0.15, 0.2) is 0 Å². The molecule has 1 aromatic rings. The van der Waals surface area contributed by atoms with E-state index in [0.717, 1.165) is 19.8 Å². The Kier molecular flexibility index (Phi) is 3.40. The number of hydrogen-bond acceptors (Lipinski definition) is 2. The first kappa shape index (κ1) is 12.2. The number of fused-ring (bicyclic) bond motifs is 3. The number of hydrogen-bond donors (Lipinski definition) is 1. The van der Waals surface area contributed by atoms with Gasteiger partial charge in [-0.1, -0.05) is 24.3 Å². The molecule has 1 N–H and O–H groups in total. The third-order valence-electron chi connectivity index (χ3n) is 4.66. The zero-order valence-corrected chi connectivity index (χ0v) is 11.2. The molecule has 3 rings (SSSR count). The summed E-state index contributed by atoms with van der Waals surface area (Å²) in [4.78, 5) is 0. The Labute approximate surface area is 110 Å². The number of benzene rings is 1. The molecular formula is C16H23NO. The smallest absolute Gasteiger partial charge is 0.0540 e. The maximum atomic E-state index is 5.81. The number of ether oxygens (including phenoxy) is 1. The molecule has 0 bridgehead atoms. The molecule has 1 aliphatic heterocycles. The lowest BCUT2D eigenvalue weighted by Crippen LogP contribution is -2.48. The minimum absolute atomic E-state index is 0.336. The van der Waals surface area contributed by atoms with Gasteiger partial charge in [-0.25, -0.2) is 0 Å². The van der Waals surface area contributed by atoms with Crippen LogP contribution in [0.25, 0.3) is 0 Å². The zero-order valence-electron chi connectivity index (χ0n) is 11.2. The van der Waals surface area contributed by atoms with Crippen molar-refractivity contribution in [1.82, 2.24) is 5.32 Å². The number of aryl methyl sites for hydroxylation is 1. The molecule has 0 radical (unpaired) electrons. The summed E-state index contributed by atoms with van der Waals surface area (Å²) in [6.45, 7) is 4.98. The van der Waals surface area contributed by atoms with Crippen LogP contribution in [0, 0.1) is 5.41 Å². The van der Waals surface area contributed by atoms with Gasteiger partial charge in [0.05, 0.1) is 6.61 Å². The van der Waals surface area contributed by atoms with E-state index >= 15 is 0 Å². The lowest BCUT2D eigenvalue weighted by atomic mass is 9.64. The highest BCUT2D eigenvalue weighted by molar-refractivity contribution is 5.35. The third kappa shape index (κ3) is 1.98. The van der Waals surface area contributed by atoms with Crippen molar-refractivity contribution in [1.29, 1.82) is 0 Å². The predicted octanol–water partition coefficient (Wildman–Crippen LogP) is 3.08. The highest BCUT2D eigenvalue weighted by Gasteiger charge is 2.44. The van der Waals surface area contributed by atoms with Gasteiger partial charge in [-0.15, -0.1) is 0 Å². The molecule has 1 heterocycles.